The van der Waals surface area contributed by atoms with Gasteiger partial charge in [-0.2, -0.15) is 36.4 Å². The van der Waals surface area contributed by atoms with E-state index in [2.05, 4.69) is 109 Å². The van der Waals surface area contributed by atoms with Crippen molar-refractivity contribution in [1.29, 1.82) is 0 Å². The maximum atomic E-state index is 15.1. The average molecular weight is 1370 g/mol. The maximum Gasteiger partial charge on any atom is 2.00 e. The largest absolute Gasteiger partial charge is 2.00 e. The summed E-state index contributed by atoms with van der Waals surface area (Å²) in [6, 6.07) is 87.2. The Morgan fingerprint density at radius 2 is 1.14 bits per heavy atom. The maximum absolute atomic E-state index is 15.1. The van der Waals surface area contributed by atoms with Gasteiger partial charge in [0.15, 0.2) is 7.14 Å². The van der Waals surface area contributed by atoms with Crippen LogP contribution in [-0.2, 0) is 52.1 Å². The molecule has 2 unspecified atom stereocenters. The number of benzene rings is 8. The van der Waals surface area contributed by atoms with Gasteiger partial charge in [-0.3, -0.25) is 4.98 Å². The van der Waals surface area contributed by atoms with Gasteiger partial charge in [-0.05, 0) is 63.3 Å². The number of fused-ring (bicyclic) bond motifs is 8. The van der Waals surface area contributed by atoms with Crippen molar-refractivity contribution >= 4 is 44.9 Å². The standard InChI is InChI=1S/C35H24N2O.C32H19N2O2P.2Pt/c1-2-35(33-17-10-18-34(37-33)38-26-12-4-3-5-13-26)29-15-8-7-14-27(29)28-21-19-25(23-30(28)35)32-22-20-24-11-6-9-16-31(24)36-32;35-37(32-16-8-15-31(34-32)36-25-11-2-1-3-12-25)29-14-7-6-13-26(29)27-18-17-23(20-30(27)37)28-19-22-9-4-5-10-24(22)21-33-28;;/h3-12,14-22H,2H2,1H3;1-11,13-19,21H;;/q2*-2;2*+2. The van der Waals surface area contributed by atoms with E-state index in [-0.39, 0.29) is 42.1 Å². The third-order valence-corrected chi connectivity index (χ3v) is 17.1. The molecule has 0 N–H and O–H groups in total. The molecule has 0 saturated carbocycles. The number of nitrogens with zero attached hydrogens (tertiary/aromatic N) is 4. The number of aromatic nitrogens is 4. The Morgan fingerprint density at radius 3 is 1.90 bits per heavy atom. The predicted molar refractivity (Wildman–Crippen MR) is 299 cm³/mol. The van der Waals surface area contributed by atoms with Gasteiger partial charge in [-0.1, -0.05) is 150 Å². The third-order valence-electron chi connectivity index (χ3n) is 14.1. The number of ether oxygens (including phenoxy) is 2. The van der Waals surface area contributed by atoms with Crippen LogP contribution in [0.15, 0.2) is 231 Å². The van der Waals surface area contributed by atoms with Crippen LogP contribution in [0.25, 0.3) is 66.4 Å². The Kier molecular flexibility index (Phi) is 14.4. The minimum absolute atomic E-state index is 0. The first kappa shape index (κ1) is 51.2. The SMILES string of the molecule is CCC1(c2cccc(Oc3[c-]cccc3)n2)c2[c-]c(-c3ccc4ccccc4n3)ccc2-c2ccccc21.O=P1(c2cccc(Oc3[c-]cccc3)n2)c2[c-]c(-c3cc4ccccc4cn3)ccc2-c2ccccc21.[Pt+2].[Pt+2]. The fourth-order valence-corrected chi connectivity index (χ4v) is 13.5. The van der Waals surface area contributed by atoms with E-state index in [1.807, 2.05) is 146 Å². The molecule has 8 aromatic carbocycles. The van der Waals surface area contributed by atoms with Crippen molar-refractivity contribution in [2.75, 3.05) is 0 Å². The van der Waals surface area contributed by atoms with Gasteiger partial charge in [0.25, 0.3) is 0 Å². The second-order valence-electron chi connectivity index (χ2n) is 18.4. The zero-order valence-electron chi connectivity index (χ0n) is 41.2. The summed E-state index contributed by atoms with van der Waals surface area (Å²) >= 11 is 0. The molecular weight excluding hydrogens is 1330 g/mol. The molecule has 12 aromatic rings. The molecule has 2 atom stereocenters. The second-order valence-corrected chi connectivity index (χ2v) is 21.0. The van der Waals surface area contributed by atoms with Crippen LogP contribution in [-0.4, -0.2) is 19.9 Å². The van der Waals surface area contributed by atoms with E-state index in [1.165, 1.54) is 16.7 Å². The normalized spacial score (nSPS) is 15.3. The van der Waals surface area contributed by atoms with Crippen LogP contribution in [0.1, 0.15) is 30.2 Å². The van der Waals surface area contributed by atoms with Crippen LogP contribution >= 0.6 is 7.14 Å². The van der Waals surface area contributed by atoms with E-state index in [9.17, 15) is 0 Å². The number of hydrogen-bond acceptors (Lipinski definition) is 7. The van der Waals surface area contributed by atoms with Crippen molar-refractivity contribution in [3.63, 3.8) is 0 Å². The van der Waals surface area contributed by atoms with Crippen molar-refractivity contribution < 1.29 is 56.2 Å². The van der Waals surface area contributed by atoms with Gasteiger partial charge < -0.3 is 19.0 Å². The smallest absolute Gasteiger partial charge is 0.466 e. The zero-order valence-corrected chi connectivity index (χ0v) is 46.7. The summed E-state index contributed by atoms with van der Waals surface area (Å²) in [6.07, 6.45) is 2.69. The molecule has 77 heavy (non-hydrogen) atoms. The van der Waals surface area contributed by atoms with Gasteiger partial charge >= 0.3 is 42.1 Å². The van der Waals surface area contributed by atoms with E-state index in [1.54, 1.807) is 12.1 Å². The Balaban J connectivity index is 0.000000160. The summed E-state index contributed by atoms with van der Waals surface area (Å²) in [5.41, 5.74) is 12.0. The molecule has 1 aliphatic heterocycles. The Hall–Kier alpha value is -7.91. The average Bonchev–Trinajstić information content (AvgIpc) is 4.17. The monoisotopic (exact) mass is 1370 g/mol. The summed E-state index contributed by atoms with van der Waals surface area (Å²) in [5, 5.41) is 4.71. The quantitative estimate of drug-likeness (QED) is 0.105. The van der Waals surface area contributed by atoms with Crippen molar-refractivity contribution in [2.24, 2.45) is 0 Å². The first-order valence-corrected chi connectivity index (χ1v) is 26.6. The molecule has 0 amide bonds. The molecule has 1 aliphatic carbocycles. The van der Waals surface area contributed by atoms with Gasteiger partial charge in [0.05, 0.1) is 11.2 Å². The first-order chi connectivity index (χ1) is 37.0. The molecule has 0 saturated heterocycles. The number of pyridine rings is 4. The van der Waals surface area contributed by atoms with Crippen molar-refractivity contribution in [2.45, 2.75) is 18.8 Å². The molecule has 374 valence electrons. The second kappa shape index (κ2) is 21.6. The van der Waals surface area contributed by atoms with Crippen LogP contribution in [0.5, 0.6) is 23.3 Å². The zero-order chi connectivity index (χ0) is 50.3. The van der Waals surface area contributed by atoms with Crippen molar-refractivity contribution in [1.82, 2.24) is 19.9 Å². The van der Waals surface area contributed by atoms with Crippen molar-refractivity contribution in [3.05, 3.63) is 272 Å². The molecule has 4 aromatic heterocycles. The summed E-state index contributed by atoms with van der Waals surface area (Å²) in [5.74, 6) is 2.12. The van der Waals surface area contributed by atoms with Gasteiger partial charge in [-0.15, -0.1) is 77.4 Å². The Labute approximate surface area is 476 Å². The molecule has 5 heterocycles. The first-order valence-electron chi connectivity index (χ1n) is 24.9. The minimum Gasteiger partial charge on any atom is -0.466 e. The molecule has 10 heteroatoms. The number of para-hydroxylation sites is 3. The van der Waals surface area contributed by atoms with Gasteiger partial charge in [0.1, 0.15) is 5.44 Å². The predicted octanol–water partition coefficient (Wildman–Crippen LogP) is 14.7. The number of hydrogen-bond donors (Lipinski definition) is 0. The molecule has 0 spiro atoms. The third kappa shape index (κ3) is 9.27. The Bertz CT molecular complexity index is 4200. The van der Waals surface area contributed by atoms with E-state index in [4.69, 9.17) is 24.4 Å². The summed E-state index contributed by atoms with van der Waals surface area (Å²) in [7, 11) is -3.31. The molecule has 0 bridgehead atoms. The van der Waals surface area contributed by atoms with Crippen LogP contribution in [0.2, 0.25) is 0 Å². The molecule has 0 radical (unpaired) electrons. The molecule has 0 fully saturated rings. The van der Waals surface area contributed by atoms with Crippen molar-refractivity contribution in [3.8, 4) is 68.0 Å². The molecule has 2 aliphatic rings. The minimum atomic E-state index is -3.31. The van der Waals surface area contributed by atoms with Crippen LogP contribution < -0.4 is 25.5 Å². The van der Waals surface area contributed by atoms with Crippen LogP contribution in [0.4, 0.5) is 0 Å². The van der Waals surface area contributed by atoms with Gasteiger partial charge in [0.2, 0.25) is 11.8 Å². The fraction of sp³-hybridized carbons (Fsp3) is 0.0448. The van der Waals surface area contributed by atoms with E-state index in [0.717, 1.165) is 78.3 Å². The number of rotatable bonds is 9. The molecule has 14 rings (SSSR count). The summed E-state index contributed by atoms with van der Waals surface area (Å²) in [6.45, 7) is 2.22. The van der Waals surface area contributed by atoms with Gasteiger partial charge in [-0.25, -0.2) is 9.97 Å². The summed E-state index contributed by atoms with van der Waals surface area (Å²) in [4.78, 5) is 19.4. The summed E-state index contributed by atoms with van der Waals surface area (Å²) < 4.78 is 27.1. The topological polar surface area (TPSA) is 87.1 Å². The Morgan fingerprint density at radius 1 is 0.506 bits per heavy atom. The van der Waals surface area contributed by atoms with Gasteiger partial charge in [0, 0.05) is 40.5 Å². The van der Waals surface area contributed by atoms with E-state index >= 15 is 4.57 Å². The van der Waals surface area contributed by atoms with Crippen LogP contribution in [0.3, 0.4) is 0 Å². The van der Waals surface area contributed by atoms with E-state index in [0.29, 0.717) is 34.0 Å². The molecular formula is C67H43N4O3PPt2. The fourth-order valence-electron chi connectivity index (χ4n) is 10.6. The molecule has 7 nitrogen and oxygen atoms in total. The van der Waals surface area contributed by atoms with Crippen LogP contribution in [0, 0.1) is 24.3 Å². The van der Waals surface area contributed by atoms with E-state index < -0.39 is 12.6 Å².